The van der Waals surface area contributed by atoms with Crippen LogP contribution in [0, 0.1) is 17.6 Å². The van der Waals surface area contributed by atoms with Gasteiger partial charge in [0.1, 0.15) is 5.82 Å². The lowest BCUT2D eigenvalue weighted by molar-refractivity contribution is 0.243. The Hall–Kier alpha value is -1.16. The molecule has 1 aliphatic carbocycles. The number of benzene rings is 1. The molecule has 0 saturated heterocycles. The van der Waals surface area contributed by atoms with Crippen molar-refractivity contribution in [2.45, 2.75) is 18.8 Å². The van der Waals surface area contributed by atoms with Crippen molar-refractivity contribution >= 4 is 0 Å². The fourth-order valence-corrected chi connectivity index (χ4v) is 2.23. The molecule has 0 radical (unpaired) electrons. The molecule has 2 unspecified atom stereocenters. The van der Waals surface area contributed by atoms with Crippen LogP contribution < -0.4 is 4.74 Å². The molecule has 0 bridgehead atoms. The Kier molecular flexibility index (Phi) is 2.62. The Bertz CT molecular complexity index is 416. The zero-order valence-corrected chi connectivity index (χ0v) is 9.26. The van der Waals surface area contributed by atoms with Crippen LogP contribution in [-0.2, 0) is 5.41 Å². The molecule has 0 aliphatic heterocycles. The molecule has 4 heteroatoms. The van der Waals surface area contributed by atoms with Crippen molar-refractivity contribution in [3.8, 4) is 5.75 Å². The number of hydrogen-bond acceptors (Lipinski definition) is 2. The molecule has 2 nitrogen and oxygen atoms in total. The first-order valence-corrected chi connectivity index (χ1v) is 5.19. The van der Waals surface area contributed by atoms with Gasteiger partial charge >= 0.3 is 0 Å². The van der Waals surface area contributed by atoms with E-state index in [0.717, 1.165) is 12.1 Å². The average molecular weight is 228 g/mol. The largest absolute Gasteiger partial charge is 0.494 e. The van der Waals surface area contributed by atoms with Crippen molar-refractivity contribution in [2.24, 2.45) is 5.92 Å². The third-order valence-corrected chi connectivity index (χ3v) is 3.51. The quantitative estimate of drug-likeness (QED) is 0.859. The van der Waals surface area contributed by atoms with Crippen molar-refractivity contribution in [2.75, 3.05) is 13.7 Å². The van der Waals surface area contributed by atoms with Gasteiger partial charge in [-0.1, -0.05) is 6.92 Å². The molecule has 0 amide bonds. The molecule has 2 rings (SSSR count). The summed E-state index contributed by atoms with van der Waals surface area (Å²) in [4.78, 5) is 0. The van der Waals surface area contributed by atoms with Gasteiger partial charge in [0.05, 0.1) is 13.7 Å². The van der Waals surface area contributed by atoms with Crippen LogP contribution in [0.4, 0.5) is 8.78 Å². The van der Waals surface area contributed by atoms with Gasteiger partial charge in [-0.15, -0.1) is 0 Å². The van der Waals surface area contributed by atoms with Crippen LogP contribution in [0.25, 0.3) is 0 Å². The van der Waals surface area contributed by atoms with Gasteiger partial charge in [0, 0.05) is 11.5 Å². The van der Waals surface area contributed by atoms with Crippen molar-refractivity contribution in [3.63, 3.8) is 0 Å². The SMILES string of the molecule is COc1cc(F)c(C2(CO)CC2C)cc1F. The van der Waals surface area contributed by atoms with Crippen LogP contribution in [0.2, 0.25) is 0 Å². The second kappa shape index (κ2) is 3.70. The van der Waals surface area contributed by atoms with Gasteiger partial charge in [-0.2, -0.15) is 0 Å². The van der Waals surface area contributed by atoms with Crippen LogP contribution in [0.5, 0.6) is 5.75 Å². The molecule has 1 fully saturated rings. The molecule has 0 aromatic heterocycles. The topological polar surface area (TPSA) is 29.5 Å². The second-order valence-corrected chi connectivity index (χ2v) is 4.39. The smallest absolute Gasteiger partial charge is 0.165 e. The highest BCUT2D eigenvalue weighted by Gasteiger charge is 2.53. The van der Waals surface area contributed by atoms with Crippen molar-refractivity contribution in [1.82, 2.24) is 0 Å². The van der Waals surface area contributed by atoms with Crippen LogP contribution >= 0.6 is 0 Å². The van der Waals surface area contributed by atoms with Gasteiger partial charge < -0.3 is 9.84 Å². The molecule has 1 aromatic rings. The van der Waals surface area contributed by atoms with Crippen LogP contribution in [0.3, 0.4) is 0 Å². The Morgan fingerprint density at radius 3 is 2.50 bits per heavy atom. The maximum atomic E-state index is 13.8. The maximum Gasteiger partial charge on any atom is 0.165 e. The zero-order chi connectivity index (χ0) is 11.9. The van der Waals surface area contributed by atoms with Gasteiger partial charge in [-0.05, 0) is 24.0 Å². The number of aliphatic hydroxyl groups is 1. The second-order valence-electron chi connectivity index (χ2n) is 4.39. The summed E-state index contributed by atoms with van der Waals surface area (Å²) in [7, 11) is 1.29. The first kappa shape index (κ1) is 11.3. The Morgan fingerprint density at radius 2 is 2.06 bits per heavy atom. The van der Waals surface area contributed by atoms with Crippen LogP contribution in [0.1, 0.15) is 18.9 Å². The lowest BCUT2D eigenvalue weighted by Crippen LogP contribution is -2.17. The van der Waals surface area contributed by atoms with E-state index in [0.29, 0.717) is 6.42 Å². The molecular weight excluding hydrogens is 214 g/mol. The van der Waals surface area contributed by atoms with E-state index in [1.54, 1.807) is 0 Å². The molecule has 1 aromatic carbocycles. The predicted octanol–water partition coefficient (Wildman–Crippen LogP) is 2.24. The minimum Gasteiger partial charge on any atom is -0.494 e. The van der Waals surface area contributed by atoms with Gasteiger partial charge in [0.15, 0.2) is 11.6 Å². The third kappa shape index (κ3) is 1.48. The standard InChI is InChI=1S/C12H14F2O2/c1-7-5-12(7,6-15)8-3-10(14)11(16-2)4-9(8)13/h3-4,7,15H,5-6H2,1-2H3. The minimum absolute atomic E-state index is 0.109. The van der Waals surface area contributed by atoms with Crippen LogP contribution in [0.15, 0.2) is 12.1 Å². The Morgan fingerprint density at radius 1 is 1.44 bits per heavy atom. The minimum atomic E-state index is -0.600. The van der Waals surface area contributed by atoms with E-state index in [9.17, 15) is 13.9 Å². The number of aliphatic hydroxyl groups excluding tert-OH is 1. The van der Waals surface area contributed by atoms with E-state index in [-0.39, 0.29) is 23.8 Å². The summed E-state index contributed by atoms with van der Waals surface area (Å²) < 4.78 is 31.9. The molecule has 88 valence electrons. The monoisotopic (exact) mass is 228 g/mol. The maximum absolute atomic E-state index is 13.8. The summed E-state index contributed by atoms with van der Waals surface area (Å²) in [6, 6.07) is 2.17. The molecule has 2 atom stereocenters. The summed E-state index contributed by atoms with van der Waals surface area (Å²) in [5, 5.41) is 9.30. The summed E-state index contributed by atoms with van der Waals surface area (Å²) in [5.41, 5.74) is -0.349. The zero-order valence-electron chi connectivity index (χ0n) is 9.26. The van der Waals surface area contributed by atoms with Gasteiger partial charge in [0.2, 0.25) is 0 Å². The van der Waals surface area contributed by atoms with E-state index >= 15 is 0 Å². The highest BCUT2D eigenvalue weighted by Crippen LogP contribution is 2.54. The number of rotatable bonds is 3. The van der Waals surface area contributed by atoms with E-state index in [1.807, 2.05) is 6.92 Å². The van der Waals surface area contributed by atoms with Crippen LogP contribution in [-0.4, -0.2) is 18.8 Å². The lowest BCUT2D eigenvalue weighted by Gasteiger charge is -2.16. The first-order chi connectivity index (χ1) is 7.55. The molecule has 0 spiro atoms. The number of halogens is 2. The molecule has 1 N–H and O–H groups in total. The highest BCUT2D eigenvalue weighted by atomic mass is 19.1. The summed E-state index contributed by atoms with van der Waals surface area (Å²) in [6.07, 6.45) is 0.687. The molecule has 1 aliphatic rings. The lowest BCUT2D eigenvalue weighted by atomic mass is 9.93. The first-order valence-electron chi connectivity index (χ1n) is 5.19. The third-order valence-electron chi connectivity index (χ3n) is 3.51. The van der Waals surface area contributed by atoms with E-state index in [2.05, 4.69) is 0 Å². The van der Waals surface area contributed by atoms with Gasteiger partial charge in [-0.3, -0.25) is 0 Å². The number of hydrogen-bond donors (Lipinski definition) is 1. The average Bonchev–Trinajstić information content (AvgIpc) is 2.93. The number of methoxy groups -OCH3 is 1. The summed E-state index contributed by atoms with van der Waals surface area (Å²) in [5.74, 6) is -1.04. The molecule has 16 heavy (non-hydrogen) atoms. The molecule has 0 heterocycles. The number of ether oxygens (including phenoxy) is 1. The fourth-order valence-electron chi connectivity index (χ4n) is 2.23. The predicted molar refractivity (Wildman–Crippen MR) is 55.5 cm³/mol. The van der Waals surface area contributed by atoms with Crippen molar-refractivity contribution in [1.29, 1.82) is 0 Å². The fraction of sp³-hybridized carbons (Fsp3) is 0.500. The van der Waals surface area contributed by atoms with Gasteiger partial charge in [-0.25, -0.2) is 8.78 Å². The van der Waals surface area contributed by atoms with E-state index in [1.165, 1.54) is 7.11 Å². The normalized spacial score (nSPS) is 27.9. The van der Waals surface area contributed by atoms with Crippen molar-refractivity contribution < 1.29 is 18.6 Å². The van der Waals surface area contributed by atoms with Crippen molar-refractivity contribution in [3.05, 3.63) is 29.3 Å². The molecular formula is C12H14F2O2. The molecule has 1 saturated carbocycles. The summed E-state index contributed by atoms with van der Waals surface area (Å²) >= 11 is 0. The Labute approximate surface area is 92.9 Å². The Balaban J connectivity index is 2.47. The summed E-state index contributed by atoms with van der Waals surface area (Å²) in [6.45, 7) is 1.76. The van der Waals surface area contributed by atoms with E-state index in [4.69, 9.17) is 4.74 Å². The highest BCUT2D eigenvalue weighted by molar-refractivity contribution is 5.40. The van der Waals surface area contributed by atoms with E-state index < -0.39 is 17.0 Å². The van der Waals surface area contributed by atoms with Gasteiger partial charge in [0.25, 0.3) is 0 Å².